The number of aliphatic carboxylic acids is 1. The van der Waals surface area contributed by atoms with Crippen LogP contribution in [0.5, 0.6) is 0 Å². The van der Waals surface area contributed by atoms with Crippen LogP contribution in [0, 0.1) is 20.8 Å². The van der Waals surface area contributed by atoms with Crippen molar-refractivity contribution in [1.29, 1.82) is 0 Å². The Morgan fingerprint density at radius 1 is 1.15 bits per heavy atom. The highest BCUT2D eigenvalue weighted by molar-refractivity contribution is 5.76. The van der Waals surface area contributed by atoms with Gasteiger partial charge in [0.25, 0.3) is 0 Å². The van der Waals surface area contributed by atoms with Crippen LogP contribution in [0.1, 0.15) is 35.4 Å². The molecule has 2 aromatic rings. The summed E-state index contributed by atoms with van der Waals surface area (Å²) in [4.78, 5) is 20.1. The van der Waals surface area contributed by atoms with Gasteiger partial charge < -0.3 is 5.11 Å². The maximum absolute atomic E-state index is 11.1. The molecule has 0 bridgehead atoms. The largest absolute Gasteiger partial charge is 0.481 e. The monoisotopic (exact) mass is 270 g/mol. The SMILES string of the molecule is Cc1cccc(-c2nc(C)c(C(C)C(=O)O)c(C)n2)c1. The first-order valence-electron chi connectivity index (χ1n) is 6.55. The minimum Gasteiger partial charge on any atom is -0.481 e. The van der Waals surface area contributed by atoms with E-state index < -0.39 is 11.9 Å². The topological polar surface area (TPSA) is 63.1 Å². The third kappa shape index (κ3) is 2.69. The van der Waals surface area contributed by atoms with Gasteiger partial charge in [-0.15, -0.1) is 0 Å². The fourth-order valence-corrected chi connectivity index (χ4v) is 2.39. The molecule has 4 nitrogen and oxygen atoms in total. The Hall–Kier alpha value is -2.23. The first-order chi connectivity index (χ1) is 9.40. The van der Waals surface area contributed by atoms with Gasteiger partial charge in [-0.05, 0) is 33.8 Å². The van der Waals surface area contributed by atoms with E-state index in [0.29, 0.717) is 11.4 Å². The van der Waals surface area contributed by atoms with E-state index in [9.17, 15) is 4.79 Å². The fraction of sp³-hybridized carbons (Fsp3) is 0.312. The molecule has 1 aromatic carbocycles. The van der Waals surface area contributed by atoms with Gasteiger partial charge in [0.05, 0.1) is 5.92 Å². The van der Waals surface area contributed by atoms with Gasteiger partial charge in [0.2, 0.25) is 0 Å². The van der Waals surface area contributed by atoms with Crippen LogP contribution in [0.4, 0.5) is 0 Å². The molecular formula is C16H18N2O2. The summed E-state index contributed by atoms with van der Waals surface area (Å²) in [6.45, 7) is 7.35. The Balaban J connectivity index is 2.53. The van der Waals surface area contributed by atoms with Crippen molar-refractivity contribution in [2.24, 2.45) is 0 Å². The molecule has 1 aromatic heterocycles. The molecule has 0 aliphatic heterocycles. The molecule has 0 spiro atoms. The Kier molecular flexibility index (Phi) is 3.84. The first-order valence-corrected chi connectivity index (χ1v) is 6.55. The Morgan fingerprint density at radius 2 is 1.75 bits per heavy atom. The molecule has 0 fully saturated rings. The smallest absolute Gasteiger partial charge is 0.310 e. The zero-order chi connectivity index (χ0) is 14.9. The van der Waals surface area contributed by atoms with E-state index in [4.69, 9.17) is 5.11 Å². The molecule has 1 unspecified atom stereocenters. The number of aromatic nitrogens is 2. The lowest BCUT2D eigenvalue weighted by molar-refractivity contribution is -0.138. The van der Waals surface area contributed by atoms with E-state index in [1.165, 1.54) is 0 Å². The van der Waals surface area contributed by atoms with Crippen molar-refractivity contribution in [1.82, 2.24) is 9.97 Å². The summed E-state index contributed by atoms with van der Waals surface area (Å²) in [6.07, 6.45) is 0. The van der Waals surface area contributed by atoms with Crippen molar-refractivity contribution in [3.63, 3.8) is 0 Å². The number of hydrogen-bond donors (Lipinski definition) is 1. The number of hydrogen-bond acceptors (Lipinski definition) is 3. The zero-order valence-electron chi connectivity index (χ0n) is 12.1. The van der Waals surface area contributed by atoms with Crippen LogP contribution >= 0.6 is 0 Å². The van der Waals surface area contributed by atoms with E-state index in [2.05, 4.69) is 9.97 Å². The lowest BCUT2D eigenvalue weighted by atomic mass is 9.98. The number of rotatable bonds is 3. The maximum atomic E-state index is 11.1. The van der Waals surface area contributed by atoms with Crippen LogP contribution in [-0.2, 0) is 4.79 Å². The highest BCUT2D eigenvalue weighted by Crippen LogP contribution is 2.25. The van der Waals surface area contributed by atoms with Gasteiger partial charge in [0.15, 0.2) is 5.82 Å². The molecule has 1 N–H and O–H groups in total. The van der Waals surface area contributed by atoms with Crippen molar-refractivity contribution in [2.75, 3.05) is 0 Å². The standard InChI is InChI=1S/C16H18N2O2/c1-9-6-5-7-13(8-9)15-17-11(3)14(12(4)18-15)10(2)16(19)20/h5-8,10H,1-4H3,(H,19,20). The molecule has 0 aliphatic rings. The average Bonchev–Trinajstić information content (AvgIpc) is 2.37. The summed E-state index contributed by atoms with van der Waals surface area (Å²) in [5, 5.41) is 9.15. The van der Waals surface area contributed by atoms with Gasteiger partial charge in [-0.25, -0.2) is 9.97 Å². The second-order valence-electron chi connectivity index (χ2n) is 5.06. The minimum atomic E-state index is -0.858. The fourth-order valence-electron chi connectivity index (χ4n) is 2.39. The van der Waals surface area contributed by atoms with Crippen molar-refractivity contribution in [3.8, 4) is 11.4 Å². The van der Waals surface area contributed by atoms with Crippen LogP contribution in [0.2, 0.25) is 0 Å². The van der Waals surface area contributed by atoms with Crippen molar-refractivity contribution >= 4 is 5.97 Å². The third-order valence-corrected chi connectivity index (χ3v) is 3.41. The van der Waals surface area contributed by atoms with E-state index in [1.54, 1.807) is 6.92 Å². The molecule has 0 radical (unpaired) electrons. The minimum absolute atomic E-state index is 0.596. The Labute approximate surface area is 118 Å². The molecule has 0 saturated heterocycles. The normalized spacial score (nSPS) is 12.2. The summed E-state index contributed by atoms with van der Waals surface area (Å²) < 4.78 is 0. The maximum Gasteiger partial charge on any atom is 0.310 e. The number of carboxylic acid groups (broad SMARTS) is 1. The number of carboxylic acids is 1. The highest BCUT2D eigenvalue weighted by Gasteiger charge is 2.21. The Morgan fingerprint density at radius 3 is 2.25 bits per heavy atom. The number of benzene rings is 1. The number of aryl methyl sites for hydroxylation is 3. The van der Waals surface area contributed by atoms with E-state index in [-0.39, 0.29) is 0 Å². The number of nitrogens with zero attached hydrogens (tertiary/aromatic N) is 2. The molecule has 0 aliphatic carbocycles. The van der Waals surface area contributed by atoms with E-state index in [1.807, 2.05) is 45.0 Å². The highest BCUT2D eigenvalue weighted by atomic mass is 16.4. The molecular weight excluding hydrogens is 252 g/mol. The molecule has 1 heterocycles. The average molecular weight is 270 g/mol. The first kappa shape index (κ1) is 14.2. The quantitative estimate of drug-likeness (QED) is 0.929. The van der Waals surface area contributed by atoms with Crippen LogP contribution < -0.4 is 0 Å². The summed E-state index contributed by atoms with van der Waals surface area (Å²) in [7, 11) is 0. The third-order valence-electron chi connectivity index (χ3n) is 3.41. The number of carbonyl (C=O) groups is 1. The Bertz CT molecular complexity index is 642. The van der Waals surface area contributed by atoms with E-state index >= 15 is 0 Å². The van der Waals surface area contributed by atoms with Crippen molar-refractivity contribution in [3.05, 3.63) is 46.8 Å². The van der Waals surface area contributed by atoms with Gasteiger partial charge in [-0.1, -0.05) is 23.8 Å². The van der Waals surface area contributed by atoms with Crippen LogP contribution in [0.25, 0.3) is 11.4 Å². The second-order valence-corrected chi connectivity index (χ2v) is 5.06. The molecule has 0 saturated carbocycles. The molecule has 2 rings (SSSR count). The summed E-state index contributed by atoms with van der Waals surface area (Å²) in [5.74, 6) is -0.810. The summed E-state index contributed by atoms with van der Waals surface area (Å²) in [5.41, 5.74) is 4.25. The van der Waals surface area contributed by atoms with Crippen molar-refractivity contribution in [2.45, 2.75) is 33.6 Å². The predicted octanol–water partition coefficient (Wildman–Crippen LogP) is 3.26. The lowest BCUT2D eigenvalue weighted by Crippen LogP contribution is -2.13. The molecule has 1 atom stereocenters. The summed E-state index contributed by atoms with van der Waals surface area (Å²) in [6, 6.07) is 7.96. The van der Waals surface area contributed by atoms with E-state index in [0.717, 1.165) is 22.5 Å². The predicted molar refractivity (Wildman–Crippen MR) is 77.7 cm³/mol. The molecule has 0 amide bonds. The second kappa shape index (κ2) is 5.41. The summed E-state index contributed by atoms with van der Waals surface area (Å²) >= 11 is 0. The molecule has 4 heteroatoms. The van der Waals surface area contributed by atoms with Crippen molar-refractivity contribution < 1.29 is 9.90 Å². The molecule has 20 heavy (non-hydrogen) atoms. The lowest BCUT2D eigenvalue weighted by Gasteiger charge is -2.14. The van der Waals surface area contributed by atoms with Gasteiger partial charge in [-0.2, -0.15) is 0 Å². The van der Waals surface area contributed by atoms with Gasteiger partial charge >= 0.3 is 5.97 Å². The van der Waals surface area contributed by atoms with Crippen LogP contribution in [-0.4, -0.2) is 21.0 Å². The van der Waals surface area contributed by atoms with Gasteiger partial charge in [-0.3, -0.25) is 4.79 Å². The van der Waals surface area contributed by atoms with Gasteiger partial charge in [0.1, 0.15) is 0 Å². The van der Waals surface area contributed by atoms with Crippen LogP contribution in [0.15, 0.2) is 24.3 Å². The zero-order valence-corrected chi connectivity index (χ0v) is 12.1. The van der Waals surface area contributed by atoms with Gasteiger partial charge in [0, 0.05) is 22.5 Å². The molecule has 104 valence electrons. The van der Waals surface area contributed by atoms with Crippen LogP contribution in [0.3, 0.4) is 0 Å².